The number of unbranched alkanes of at least 4 members (excludes halogenated alkanes) is 29. The smallest absolute Gasteiger partial charge is 0.220 e. The van der Waals surface area contributed by atoms with E-state index < -0.39 is 12.1 Å². The van der Waals surface area contributed by atoms with Crippen LogP contribution in [-0.2, 0) is 4.79 Å². The number of rotatable bonds is 52. The third-order valence-corrected chi connectivity index (χ3v) is 12.9. The molecule has 0 aliphatic heterocycles. The molecule has 0 saturated heterocycles. The van der Waals surface area contributed by atoms with E-state index >= 15 is 0 Å². The molecule has 0 aliphatic carbocycles. The number of allylic oxidation sites excluding steroid dienone is 16. The van der Waals surface area contributed by atoms with Gasteiger partial charge >= 0.3 is 0 Å². The van der Waals surface area contributed by atoms with Crippen LogP contribution in [0.2, 0.25) is 0 Å². The Morgan fingerprint density at radius 3 is 0.985 bits per heavy atom. The number of carbonyl (C=O) groups excluding carboxylic acids is 1. The molecule has 4 nitrogen and oxygen atoms in total. The number of carbonyl (C=O) groups is 1. The maximum absolute atomic E-state index is 12.5. The Bertz CT molecular complexity index is 1240. The zero-order valence-electron chi connectivity index (χ0n) is 44.4. The Hall–Kier alpha value is -2.69. The Morgan fingerprint density at radius 2 is 0.657 bits per heavy atom. The quantitative estimate of drug-likeness (QED) is 0.0420. The van der Waals surface area contributed by atoms with Gasteiger partial charge in [0, 0.05) is 6.42 Å². The lowest BCUT2D eigenvalue weighted by Gasteiger charge is -2.22. The molecular weight excluding hydrogens is 819 g/mol. The van der Waals surface area contributed by atoms with Gasteiger partial charge < -0.3 is 15.5 Å². The summed E-state index contributed by atoms with van der Waals surface area (Å²) in [6.07, 6.45) is 85.3. The van der Waals surface area contributed by atoms with Gasteiger partial charge in [0.25, 0.3) is 0 Å². The van der Waals surface area contributed by atoms with Crippen molar-refractivity contribution in [3.63, 3.8) is 0 Å². The average molecular weight is 931 g/mol. The lowest BCUT2D eigenvalue weighted by atomic mass is 10.0. The summed E-state index contributed by atoms with van der Waals surface area (Å²) in [6, 6.07) is -0.545. The second-order valence-electron chi connectivity index (χ2n) is 19.3. The van der Waals surface area contributed by atoms with E-state index in [-0.39, 0.29) is 12.5 Å². The van der Waals surface area contributed by atoms with Crippen molar-refractivity contribution in [3.8, 4) is 0 Å². The standard InChI is InChI=1S/C63H111NO3/c1-3-5-7-9-11-13-15-17-19-21-23-25-26-27-28-29-30-31-32-33-34-35-36-37-38-39-41-43-45-47-49-51-53-55-57-59-63(67)64-61(60-65)62(66)58-56-54-52-50-48-46-44-42-40-24-22-20-18-16-14-12-10-8-6-4-2/h5,7,11,13,17,19,23,25,27-28,30-31,33-34,36-37,61-62,65-66H,3-4,6,8-10,12,14-16,18,20-22,24,26,29,32,35,38-60H2,1-2H3,(H,64,67)/b7-5-,13-11-,19-17-,25-23-,28-27-,31-30-,34-33-,37-36-. The van der Waals surface area contributed by atoms with Gasteiger partial charge in [-0.15, -0.1) is 0 Å². The van der Waals surface area contributed by atoms with E-state index in [2.05, 4.69) is 116 Å². The largest absolute Gasteiger partial charge is 0.394 e. The Kier molecular flexibility index (Phi) is 55.3. The van der Waals surface area contributed by atoms with Crippen molar-refractivity contribution in [3.05, 3.63) is 97.2 Å². The minimum Gasteiger partial charge on any atom is -0.394 e. The van der Waals surface area contributed by atoms with E-state index in [1.54, 1.807) is 0 Å². The van der Waals surface area contributed by atoms with Crippen LogP contribution >= 0.6 is 0 Å². The van der Waals surface area contributed by atoms with Gasteiger partial charge in [-0.05, 0) is 77.0 Å². The van der Waals surface area contributed by atoms with Crippen LogP contribution in [0, 0.1) is 0 Å². The van der Waals surface area contributed by atoms with Crippen LogP contribution in [0.5, 0.6) is 0 Å². The van der Waals surface area contributed by atoms with Gasteiger partial charge in [0.1, 0.15) is 0 Å². The fourth-order valence-electron chi connectivity index (χ4n) is 8.50. The molecule has 4 heteroatoms. The number of amides is 1. The van der Waals surface area contributed by atoms with Crippen LogP contribution in [0.15, 0.2) is 97.2 Å². The highest BCUT2D eigenvalue weighted by Gasteiger charge is 2.20. The number of aliphatic hydroxyl groups excluding tert-OH is 2. The van der Waals surface area contributed by atoms with Gasteiger partial charge in [-0.3, -0.25) is 4.79 Å². The van der Waals surface area contributed by atoms with Crippen LogP contribution in [0.1, 0.15) is 277 Å². The first-order valence-corrected chi connectivity index (χ1v) is 28.9. The van der Waals surface area contributed by atoms with E-state index in [0.717, 1.165) is 77.0 Å². The van der Waals surface area contributed by atoms with E-state index in [1.165, 1.54) is 173 Å². The summed E-state index contributed by atoms with van der Waals surface area (Å²) in [5, 5.41) is 23.3. The molecular formula is C63H111NO3. The molecule has 0 aromatic heterocycles. The third-order valence-electron chi connectivity index (χ3n) is 12.9. The number of hydrogen-bond donors (Lipinski definition) is 3. The summed E-state index contributed by atoms with van der Waals surface area (Å²) >= 11 is 0. The summed E-state index contributed by atoms with van der Waals surface area (Å²) in [5.41, 5.74) is 0. The first kappa shape index (κ1) is 64.3. The zero-order valence-corrected chi connectivity index (χ0v) is 44.4. The fraction of sp³-hybridized carbons (Fsp3) is 0.730. The van der Waals surface area contributed by atoms with Gasteiger partial charge in [0.05, 0.1) is 18.8 Å². The molecule has 0 heterocycles. The Labute approximate surface area is 417 Å². The average Bonchev–Trinajstić information content (AvgIpc) is 3.33. The van der Waals surface area contributed by atoms with Crippen molar-refractivity contribution >= 4 is 5.91 Å². The molecule has 386 valence electrons. The zero-order chi connectivity index (χ0) is 48.5. The molecule has 0 rings (SSSR count). The molecule has 0 bridgehead atoms. The molecule has 0 fully saturated rings. The van der Waals surface area contributed by atoms with E-state index in [4.69, 9.17) is 0 Å². The molecule has 0 aromatic carbocycles. The van der Waals surface area contributed by atoms with Crippen molar-refractivity contribution in [1.29, 1.82) is 0 Å². The highest BCUT2D eigenvalue weighted by atomic mass is 16.3. The second kappa shape index (κ2) is 57.6. The van der Waals surface area contributed by atoms with E-state index in [0.29, 0.717) is 12.8 Å². The van der Waals surface area contributed by atoms with Gasteiger partial charge in [0.2, 0.25) is 5.91 Å². The molecule has 3 N–H and O–H groups in total. The van der Waals surface area contributed by atoms with Crippen LogP contribution in [0.3, 0.4) is 0 Å². The maximum atomic E-state index is 12.5. The minimum absolute atomic E-state index is 0.0373. The summed E-state index contributed by atoms with van der Waals surface area (Å²) in [7, 11) is 0. The van der Waals surface area contributed by atoms with Crippen molar-refractivity contribution in [2.45, 2.75) is 289 Å². The lowest BCUT2D eigenvalue weighted by molar-refractivity contribution is -0.123. The van der Waals surface area contributed by atoms with Crippen molar-refractivity contribution < 1.29 is 15.0 Å². The van der Waals surface area contributed by atoms with Gasteiger partial charge in [-0.2, -0.15) is 0 Å². The highest BCUT2D eigenvalue weighted by Crippen LogP contribution is 2.17. The SMILES string of the molecule is CC/C=C\C/C=C\C/C=C\C/C=C\C/C=C\C/C=C\C/C=C\C/C=C\CCCCCCCCCCCCC(=O)NC(CO)C(O)CCCCCCCCCCCCCCCCCCCCCC. The molecule has 1 amide bonds. The van der Waals surface area contributed by atoms with Crippen LogP contribution in [-0.4, -0.2) is 34.9 Å². The first-order valence-electron chi connectivity index (χ1n) is 28.9. The molecule has 0 aromatic rings. The maximum Gasteiger partial charge on any atom is 0.220 e. The van der Waals surface area contributed by atoms with E-state index in [9.17, 15) is 15.0 Å². The summed E-state index contributed by atoms with van der Waals surface area (Å²) < 4.78 is 0. The third kappa shape index (κ3) is 54.1. The topological polar surface area (TPSA) is 69.6 Å². The molecule has 0 radical (unpaired) electrons. The summed E-state index contributed by atoms with van der Waals surface area (Å²) in [4.78, 5) is 12.5. The Balaban J connectivity index is 3.55. The second-order valence-corrected chi connectivity index (χ2v) is 19.3. The number of nitrogens with one attached hydrogen (secondary N) is 1. The fourth-order valence-corrected chi connectivity index (χ4v) is 8.50. The van der Waals surface area contributed by atoms with Crippen molar-refractivity contribution in [2.24, 2.45) is 0 Å². The van der Waals surface area contributed by atoms with Gasteiger partial charge in [-0.25, -0.2) is 0 Å². The molecule has 0 aliphatic rings. The molecule has 67 heavy (non-hydrogen) atoms. The normalized spacial score (nSPS) is 13.6. The van der Waals surface area contributed by atoms with Crippen molar-refractivity contribution in [1.82, 2.24) is 5.32 Å². The Morgan fingerprint density at radius 1 is 0.373 bits per heavy atom. The number of aliphatic hydroxyl groups is 2. The molecule has 0 saturated carbocycles. The van der Waals surface area contributed by atoms with Crippen LogP contribution in [0.25, 0.3) is 0 Å². The molecule has 2 atom stereocenters. The van der Waals surface area contributed by atoms with Gasteiger partial charge in [-0.1, -0.05) is 291 Å². The monoisotopic (exact) mass is 930 g/mol. The summed E-state index contributed by atoms with van der Waals surface area (Å²) in [5.74, 6) is -0.0373. The van der Waals surface area contributed by atoms with Gasteiger partial charge in [0.15, 0.2) is 0 Å². The predicted octanol–water partition coefficient (Wildman–Crippen LogP) is 19.3. The van der Waals surface area contributed by atoms with Crippen LogP contribution < -0.4 is 5.32 Å². The lowest BCUT2D eigenvalue weighted by Crippen LogP contribution is -2.45. The molecule has 2 unspecified atom stereocenters. The molecule has 0 spiro atoms. The predicted molar refractivity (Wildman–Crippen MR) is 299 cm³/mol. The number of hydrogen-bond acceptors (Lipinski definition) is 3. The van der Waals surface area contributed by atoms with Crippen molar-refractivity contribution in [2.75, 3.05) is 6.61 Å². The van der Waals surface area contributed by atoms with E-state index in [1.807, 2.05) is 0 Å². The van der Waals surface area contributed by atoms with Crippen LogP contribution in [0.4, 0.5) is 0 Å². The highest BCUT2D eigenvalue weighted by molar-refractivity contribution is 5.76. The minimum atomic E-state index is -0.668. The first-order chi connectivity index (χ1) is 33.2. The summed E-state index contributed by atoms with van der Waals surface area (Å²) in [6.45, 7) is 4.26.